The molecule has 0 N–H and O–H groups in total. The Morgan fingerprint density at radius 2 is 2.21 bits per heavy atom. The summed E-state index contributed by atoms with van der Waals surface area (Å²) in [7, 11) is 0. The third-order valence-corrected chi connectivity index (χ3v) is 2.96. The molecule has 0 fully saturated rings. The molecule has 0 aliphatic carbocycles. The fourth-order valence-corrected chi connectivity index (χ4v) is 1.78. The molecule has 0 amide bonds. The molecule has 0 saturated carbocycles. The molecule has 0 heterocycles. The smallest absolute Gasteiger partial charge is 0.152 e. The summed E-state index contributed by atoms with van der Waals surface area (Å²) in [4.78, 5) is 12.0. The lowest BCUT2D eigenvalue weighted by Gasteiger charge is -2.11. The molecule has 1 aromatic carbocycles. The minimum Gasteiger partial charge on any atom is -0.298 e. The number of hydrogen-bond acceptors (Lipinski definition) is 2. The summed E-state index contributed by atoms with van der Waals surface area (Å²) in [6.45, 7) is 3.54. The largest absolute Gasteiger partial charge is 0.298 e. The van der Waals surface area contributed by atoms with Gasteiger partial charge < -0.3 is 0 Å². The Morgan fingerprint density at radius 1 is 1.57 bits per heavy atom. The molecule has 76 valence electrons. The molecule has 1 rings (SSSR count). The van der Waals surface area contributed by atoms with Gasteiger partial charge >= 0.3 is 0 Å². The van der Waals surface area contributed by atoms with Crippen LogP contribution in [0.5, 0.6) is 0 Å². The van der Waals surface area contributed by atoms with Crippen LogP contribution in [0.2, 0.25) is 0 Å². The molecule has 3 heteroatoms. The molecule has 0 radical (unpaired) electrons. The van der Waals surface area contributed by atoms with E-state index in [2.05, 4.69) is 12.6 Å². The highest BCUT2D eigenvalue weighted by molar-refractivity contribution is 7.80. The molecule has 1 atom stereocenters. The normalized spacial score (nSPS) is 12.6. The maximum atomic E-state index is 11.2. The quantitative estimate of drug-likeness (QED) is 0.620. The average molecular weight is 229 g/mol. The highest BCUT2D eigenvalue weighted by atomic mass is 35.5. The lowest BCUT2D eigenvalue weighted by Crippen LogP contribution is -2.04. The van der Waals surface area contributed by atoms with Crippen LogP contribution in [0, 0.1) is 0 Å². The lowest BCUT2D eigenvalue weighted by atomic mass is 10.0. The van der Waals surface area contributed by atoms with E-state index >= 15 is 0 Å². The molecule has 0 spiro atoms. The first-order chi connectivity index (χ1) is 6.56. The Balaban J connectivity index is 3.16. The van der Waals surface area contributed by atoms with Gasteiger partial charge in [-0.25, -0.2) is 0 Å². The van der Waals surface area contributed by atoms with Crippen molar-refractivity contribution in [2.45, 2.75) is 30.5 Å². The molecule has 1 aromatic rings. The van der Waals surface area contributed by atoms with Crippen LogP contribution < -0.4 is 0 Å². The average Bonchev–Trinajstić information content (AvgIpc) is 2.16. The fraction of sp³-hybridized carbons (Fsp3) is 0.364. The van der Waals surface area contributed by atoms with Gasteiger partial charge in [0.2, 0.25) is 0 Å². The van der Waals surface area contributed by atoms with Crippen LogP contribution in [0.3, 0.4) is 0 Å². The zero-order valence-electron chi connectivity index (χ0n) is 8.25. The summed E-state index contributed by atoms with van der Waals surface area (Å²) in [5, 5.41) is -0.544. The second-order valence-corrected chi connectivity index (χ2v) is 4.16. The summed E-state index contributed by atoms with van der Waals surface area (Å²) in [6, 6.07) is 5.74. The first kappa shape index (κ1) is 11.6. The van der Waals surface area contributed by atoms with E-state index in [1.807, 2.05) is 25.1 Å². The number of Topliss-reactive ketones (excluding diaryl/α,β-unsaturated/α-hetero) is 1. The molecule has 0 saturated heterocycles. The van der Waals surface area contributed by atoms with E-state index in [1.165, 1.54) is 6.92 Å². The van der Waals surface area contributed by atoms with Crippen molar-refractivity contribution in [3.63, 3.8) is 0 Å². The van der Waals surface area contributed by atoms with Gasteiger partial charge in [-0.3, -0.25) is 4.79 Å². The number of halogens is 1. The fourth-order valence-electron chi connectivity index (χ4n) is 1.36. The van der Waals surface area contributed by atoms with Gasteiger partial charge in [-0.1, -0.05) is 13.0 Å². The third kappa shape index (κ3) is 2.52. The van der Waals surface area contributed by atoms with E-state index < -0.39 is 5.38 Å². The molecule has 14 heavy (non-hydrogen) atoms. The van der Waals surface area contributed by atoms with Crippen LogP contribution in [0.25, 0.3) is 0 Å². The van der Waals surface area contributed by atoms with Crippen molar-refractivity contribution in [1.82, 2.24) is 0 Å². The van der Waals surface area contributed by atoms with Crippen LogP contribution >= 0.6 is 24.2 Å². The lowest BCUT2D eigenvalue weighted by molar-refractivity contribution is -0.116. The third-order valence-electron chi connectivity index (χ3n) is 2.14. The Morgan fingerprint density at radius 3 is 2.71 bits per heavy atom. The summed E-state index contributed by atoms with van der Waals surface area (Å²) in [5.41, 5.74) is 1.99. The summed E-state index contributed by atoms with van der Waals surface area (Å²) in [6.07, 6.45) is 0.875. The molecule has 0 bridgehead atoms. The second kappa shape index (κ2) is 4.85. The van der Waals surface area contributed by atoms with Gasteiger partial charge in [0, 0.05) is 4.90 Å². The van der Waals surface area contributed by atoms with Crippen molar-refractivity contribution in [1.29, 1.82) is 0 Å². The van der Waals surface area contributed by atoms with Gasteiger partial charge in [-0.05, 0) is 36.6 Å². The van der Waals surface area contributed by atoms with Crippen molar-refractivity contribution >= 4 is 30.0 Å². The molecule has 0 aliphatic heterocycles. The minimum absolute atomic E-state index is 0.0275. The number of carbonyl (C=O) groups is 1. The number of hydrogen-bond donors (Lipinski definition) is 1. The van der Waals surface area contributed by atoms with Gasteiger partial charge in [0.25, 0.3) is 0 Å². The van der Waals surface area contributed by atoms with E-state index in [1.54, 1.807) is 0 Å². The van der Waals surface area contributed by atoms with E-state index in [4.69, 9.17) is 11.6 Å². The van der Waals surface area contributed by atoms with Crippen LogP contribution in [-0.4, -0.2) is 5.78 Å². The number of carbonyl (C=O) groups excluding carboxylic acids is 1. The number of benzene rings is 1. The Bertz CT molecular complexity index is 349. The highest BCUT2D eigenvalue weighted by Crippen LogP contribution is 2.27. The zero-order chi connectivity index (χ0) is 10.7. The predicted octanol–water partition coefficient (Wildman–Crippen LogP) is 3.41. The first-order valence-corrected chi connectivity index (χ1v) is 5.41. The van der Waals surface area contributed by atoms with Crippen LogP contribution in [0.1, 0.15) is 30.4 Å². The Hall–Kier alpha value is -0.470. The Kier molecular flexibility index (Phi) is 4.02. The van der Waals surface area contributed by atoms with Crippen LogP contribution in [0.15, 0.2) is 23.1 Å². The molecule has 1 unspecified atom stereocenters. The highest BCUT2D eigenvalue weighted by Gasteiger charge is 2.16. The number of ketones is 1. The standard InChI is InChI=1S/C11H13ClOS/c1-3-8-4-5-9(14)6-10(8)11(12)7(2)13/h4-6,11,14H,3H2,1-2H3. The zero-order valence-corrected chi connectivity index (χ0v) is 9.90. The maximum Gasteiger partial charge on any atom is 0.152 e. The number of aryl methyl sites for hydroxylation is 1. The molecular formula is C11H13ClOS. The number of rotatable bonds is 3. The van der Waals surface area contributed by atoms with Crippen molar-refractivity contribution in [3.05, 3.63) is 29.3 Å². The van der Waals surface area contributed by atoms with Crippen molar-refractivity contribution in [2.24, 2.45) is 0 Å². The maximum absolute atomic E-state index is 11.2. The predicted molar refractivity (Wildman–Crippen MR) is 62.3 cm³/mol. The van der Waals surface area contributed by atoms with Gasteiger partial charge in [-0.15, -0.1) is 24.2 Å². The number of thiol groups is 1. The van der Waals surface area contributed by atoms with E-state index in [0.717, 1.165) is 22.4 Å². The van der Waals surface area contributed by atoms with Crippen LogP contribution in [-0.2, 0) is 11.2 Å². The van der Waals surface area contributed by atoms with Crippen molar-refractivity contribution in [3.8, 4) is 0 Å². The molecule has 1 nitrogen and oxygen atoms in total. The van der Waals surface area contributed by atoms with Crippen molar-refractivity contribution < 1.29 is 4.79 Å². The SMILES string of the molecule is CCc1ccc(S)cc1C(Cl)C(C)=O. The van der Waals surface area contributed by atoms with Gasteiger partial charge in [0.15, 0.2) is 5.78 Å². The van der Waals surface area contributed by atoms with E-state index in [-0.39, 0.29) is 5.78 Å². The monoisotopic (exact) mass is 228 g/mol. The van der Waals surface area contributed by atoms with E-state index in [0.29, 0.717) is 0 Å². The van der Waals surface area contributed by atoms with E-state index in [9.17, 15) is 4.79 Å². The summed E-state index contributed by atoms with van der Waals surface area (Å²) >= 11 is 10.2. The van der Waals surface area contributed by atoms with Crippen molar-refractivity contribution in [2.75, 3.05) is 0 Å². The van der Waals surface area contributed by atoms with Gasteiger partial charge in [-0.2, -0.15) is 0 Å². The number of alkyl halides is 1. The Labute approximate surface area is 94.9 Å². The minimum atomic E-state index is -0.544. The van der Waals surface area contributed by atoms with Crippen LogP contribution in [0.4, 0.5) is 0 Å². The molecular weight excluding hydrogens is 216 g/mol. The summed E-state index contributed by atoms with van der Waals surface area (Å²) < 4.78 is 0. The van der Waals surface area contributed by atoms with Gasteiger partial charge in [0.1, 0.15) is 5.38 Å². The topological polar surface area (TPSA) is 17.1 Å². The summed E-state index contributed by atoms with van der Waals surface area (Å²) in [5.74, 6) is -0.0275. The molecule has 0 aromatic heterocycles. The van der Waals surface area contributed by atoms with Gasteiger partial charge in [0.05, 0.1) is 0 Å². The first-order valence-electron chi connectivity index (χ1n) is 4.52. The second-order valence-electron chi connectivity index (χ2n) is 3.21. The molecule has 0 aliphatic rings.